The van der Waals surface area contributed by atoms with Crippen LogP contribution in [0.25, 0.3) is 5.52 Å². The van der Waals surface area contributed by atoms with Crippen molar-refractivity contribution in [2.24, 2.45) is 0 Å². The lowest BCUT2D eigenvalue weighted by Gasteiger charge is -2.08. The fourth-order valence-electron chi connectivity index (χ4n) is 2.79. The summed E-state index contributed by atoms with van der Waals surface area (Å²) in [5, 5.41) is 5.65. The van der Waals surface area contributed by atoms with Gasteiger partial charge in [0.15, 0.2) is 5.69 Å². The minimum atomic E-state index is -0.348. The summed E-state index contributed by atoms with van der Waals surface area (Å²) in [6.45, 7) is 2.82. The number of amides is 2. The number of nitrogens with zero attached hydrogens (tertiary/aromatic N) is 2. The number of carbonyl (C=O) groups is 2. The number of carbonyl (C=O) groups excluding carboxylic acids is 2. The second-order valence-corrected chi connectivity index (χ2v) is 5.99. The predicted octanol–water partition coefficient (Wildman–Crippen LogP) is 2.41. The molecule has 7 nitrogen and oxygen atoms in total. The second-order valence-electron chi connectivity index (χ2n) is 5.99. The van der Waals surface area contributed by atoms with Gasteiger partial charge in [-0.3, -0.25) is 14.0 Å². The maximum atomic E-state index is 12.7. The van der Waals surface area contributed by atoms with E-state index in [4.69, 9.17) is 4.74 Å². The van der Waals surface area contributed by atoms with Gasteiger partial charge < -0.3 is 15.4 Å². The molecule has 2 aromatic heterocycles. The molecule has 3 rings (SSSR count). The average Bonchev–Trinajstić information content (AvgIpc) is 3.10. The number of pyridine rings is 1. The van der Waals surface area contributed by atoms with Crippen LogP contribution >= 0.6 is 0 Å². The van der Waals surface area contributed by atoms with Crippen LogP contribution in [0.1, 0.15) is 40.0 Å². The molecule has 2 amide bonds. The standard InChI is InChI=1S/C20H22N4O3/c1-3-11-21-20(26)18-23-17(15-9-6-7-12-24(15)18)19(25)22-13-14-8-4-5-10-16(14)27-2/h4-10,12H,3,11,13H2,1-2H3,(H,21,26)(H,22,25). The molecule has 0 spiro atoms. The number of fused-ring (bicyclic) bond motifs is 1. The zero-order valence-corrected chi connectivity index (χ0v) is 15.4. The molecule has 7 heteroatoms. The molecular formula is C20H22N4O3. The van der Waals surface area contributed by atoms with Crippen molar-refractivity contribution < 1.29 is 14.3 Å². The highest BCUT2D eigenvalue weighted by Gasteiger charge is 2.21. The molecule has 0 radical (unpaired) electrons. The van der Waals surface area contributed by atoms with Crippen molar-refractivity contribution in [1.29, 1.82) is 0 Å². The molecule has 0 saturated heterocycles. The van der Waals surface area contributed by atoms with E-state index in [2.05, 4.69) is 15.6 Å². The van der Waals surface area contributed by atoms with Gasteiger partial charge in [0, 0.05) is 24.8 Å². The van der Waals surface area contributed by atoms with Crippen LogP contribution in [0, 0.1) is 0 Å². The van der Waals surface area contributed by atoms with Crippen LogP contribution in [0.2, 0.25) is 0 Å². The van der Waals surface area contributed by atoms with Crippen molar-refractivity contribution in [3.05, 3.63) is 65.7 Å². The van der Waals surface area contributed by atoms with Gasteiger partial charge in [0.1, 0.15) is 5.75 Å². The summed E-state index contributed by atoms with van der Waals surface area (Å²) < 4.78 is 6.93. The van der Waals surface area contributed by atoms with E-state index in [-0.39, 0.29) is 23.3 Å². The number of hydrogen-bond donors (Lipinski definition) is 2. The Morgan fingerprint density at radius 3 is 2.63 bits per heavy atom. The monoisotopic (exact) mass is 366 g/mol. The molecule has 0 aliphatic carbocycles. The van der Waals surface area contributed by atoms with Gasteiger partial charge in [-0.2, -0.15) is 0 Å². The first-order valence-electron chi connectivity index (χ1n) is 8.81. The van der Waals surface area contributed by atoms with Crippen molar-refractivity contribution >= 4 is 17.3 Å². The normalized spacial score (nSPS) is 10.6. The SMILES string of the molecule is CCCNC(=O)c1nc(C(=O)NCc2ccccc2OC)c2ccccn12. The van der Waals surface area contributed by atoms with Crippen molar-refractivity contribution in [3.8, 4) is 5.75 Å². The van der Waals surface area contributed by atoms with E-state index in [1.54, 1.807) is 29.8 Å². The largest absolute Gasteiger partial charge is 0.496 e. The van der Waals surface area contributed by atoms with E-state index in [1.807, 2.05) is 37.3 Å². The molecule has 0 atom stereocenters. The molecule has 3 aromatic rings. The number of methoxy groups -OCH3 is 1. The molecule has 0 saturated carbocycles. The number of hydrogen-bond acceptors (Lipinski definition) is 4. The molecule has 0 aliphatic heterocycles. The maximum Gasteiger partial charge on any atom is 0.287 e. The fraction of sp³-hybridized carbons (Fsp3) is 0.250. The first-order valence-corrected chi connectivity index (χ1v) is 8.81. The molecule has 27 heavy (non-hydrogen) atoms. The number of imidazole rings is 1. The summed E-state index contributed by atoms with van der Waals surface area (Å²) in [5.41, 5.74) is 1.65. The first-order chi connectivity index (χ1) is 13.2. The number of ether oxygens (including phenoxy) is 1. The molecule has 0 unspecified atom stereocenters. The smallest absolute Gasteiger partial charge is 0.287 e. The van der Waals surface area contributed by atoms with E-state index in [9.17, 15) is 9.59 Å². The molecular weight excluding hydrogens is 344 g/mol. The van der Waals surface area contributed by atoms with Crippen LogP contribution in [0.15, 0.2) is 48.7 Å². The van der Waals surface area contributed by atoms with Gasteiger partial charge in [0.05, 0.1) is 12.6 Å². The molecule has 0 bridgehead atoms. The highest BCUT2D eigenvalue weighted by Crippen LogP contribution is 2.18. The highest BCUT2D eigenvalue weighted by atomic mass is 16.5. The van der Waals surface area contributed by atoms with Gasteiger partial charge in [0.25, 0.3) is 11.8 Å². The molecule has 1 aromatic carbocycles. The Hall–Kier alpha value is -3.35. The Balaban J connectivity index is 1.85. The van der Waals surface area contributed by atoms with Crippen LogP contribution < -0.4 is 15.4 Å². The third-order valence-electron chi connectivity index (χ3n) is 4.13. The second kappa shape index (κ2) is 8.35. The third-order valence-corrected chi connectivity index (χ3v) is 4.13. The third kappa shape index (κ3) is 3.92. The van der Waals surface area contributed by atoms with E-state index in [1.165, 1.54) is 0 Å². The maximum absolute atomic E-state index is 12.7. The van der Waals surface area contributed by atoms with Crippen molar-refractivity contribution in [2.75, 3.05) is 13.7 Å². The molecule has 0 aliphatic rings. The van der Waals surface area contributed by atoms with Crippen molar-refractivity contribution in [1.82, 2.24) is 20.0 Å². The predicted molar refractivity (Wildman–Crippen MR) is 102 cm³/mol. The molecule has 0 fully saturated rings. The van der Waals surface area contributed by atoms with Crippen LogP contribution in [-0.2, 0) is 6.54 Å². The van der Waals surface area contributed by atoms with Crippen LogP contribution in [0.3, 0.4) is 0 Å². The highest BCUT2D eigenvalue weighted by molar-refractivity contribution is 6.02. The van der Waals surface area contributed by atoms with Gasteiger partial charge in [-0.05, 0) is 24.6 Å². The van der Waals surface area contributed by atoms with E-state index < -0.39 is 0 Å². The lowest BCUT2D eigenvalue weighted by molar-refractivity contribution is 0.0942. The molecule has 2 heterocycles. The first kappa shape index (κ1) is 18.4. The Labute approximate surface area is 157 Å². The minimum Gasteiger partial charge on any atom is -0.496 e. The molecule has 140 valence electrons. The summed E-state index contributed by atoms with van der Waals surface area (Å²) in [6.07, 6.45) is 2.54. The van der Waals surface area contributed by atoms with Gasteiger partial charge in [0.2, 0.25) is 5.82 Å². The number of rotatable bonds is 7. The van der Waals surface area contributed by atoms with E-state index in [0.717, 1.165) is 12.0 Å². The van der Waals surface area contributed by atoms with Crippen LogP contribution in [-0.4, -0.2) is 34.9 Å². The van der Waals surface area contributed by atoms with Crippen LogP contribution in [0.4, 0.5) is 0 Å². The average molecular weight is 366 g/mol. The summed E-state index contributed by atoms with van der Waals surface area (Å²) in [4.78, 5) is 29.4. The van der Waals surface area contributed by atoms with Crippen LogP contribution in [0.5, 0.6) is 5.75 Å². The van der Waals surface area contributed by atoms with E-state index >= 15 is 0 Å². The van der Waals surface area contributed by atoms with E-state index in [0.29, 0.717) is 24.4 Å². The van der Waals surface area contributed by atoms with Crippen molar-refractivity contribution in [2.45, 2.75) is 19.9 Å². The quantitative estimate of drug-likeness (QED) is 0.672. The topological polar surface area (TPSA) is 84.7 Å². The number of aromatic nitrogens is 2. The minimum absolute atomic E-state index is 0.196. The zero-order chi connectivity index (χ0) is 19.2. The summed E-state index contributed by atoms with van der Waals surface area (Å²) in [7, 11) is 1.59. The lowest BCUT2D eigenvalue weighted by Crippen LogP contribution is -2.26. The Kier molecular flexibility index (Phi) is 5.71. The van der Waals surface area contributed by atoms with Gasteiger partial charge in [-0.25, -0.2) is 4.98 Å². The summed E-state index contributed by atoms with van der Waals surface area (Å²) >= 11 is 0. The Morgan fingerprint density at radius 1 is 1.07 bits per heavy atom. The summed E-state index contributed by atoms with van der Waals surface area (Å²) in [6, 6.07) is 12.8. The summed E-state index contributed by atoms with van der Waals surface area (Å²) in [5.74, 6) is 0.245. The zero-order valence-electron chi connectivity index (χ0n) is 15.4. The number of para-hydroxylation sites is 1. The van der Waals surface area contributed by atoms with Gasteiger partial charge >= 0.3 is 0 Å². The lowest BCUT2D eigenvalue weighted by atomic mass is 10.2. The number of benzene rings is 1. The van der Waals surface area contributed by atoms with Gasteiger partial charge in [-0.15, -0.1) is 0 Å². The Bertz CT molecular complexity index is 965. The Morgan fingerprint density at radius 2 is 1.85 bits per heavy atom. The molecule has 2 N–H and O–H groups in total. The number of nitrogens with one attached hydrogen (secondary N) is 2. The van der Waals surface area contributed by atoms with Gasteiger partial charge in [-0.1, -0.05) is 31.2 Å². The fourth-order valence-corrected chi connectivity index (χ4v) is 2.79. The van der Waals surface area contributed by atoms with Crippen molar-refractivity contribution in [3.63, 3.8) is 0 Å².